The van der Waals surface area contributed by atoms with Gasteiger partial charge in [-0.25, -0.2) is 9.97 Å². The van der Waals surface area contributed by atoms with Gasteiger partial charge in [0.15, 0.2) is 11.5 Å². The van der Waals surface area contributed by atoms with E-state index in [4.69, 9.17) is 10.5 Å². The first kappa shape index (κ1) is 11.7. The molecule has 6 nitrogen and oxygen atoms in total. The zero-order chi connectivity index (χ0) is 12.1. The molecule has 92 valence electrons. The largest absolute Gasteiger partial charge is 0.382 e. The Morgan fingerprint density at radius 3 is 3.24 bits per heavy atom. The average molecular weight is 235 g/mol. The van der Waals surface area contributed by atoms with Gasteiger partial charge in [-0.2, -0.15) is 0 Å². The molecule has 0 spiro atoms. The number of nitrogens with zero attached hydrogens (tertiary/aromatic N) is 3. The molecule has 0 radical (unpaired) electrons. The fraction of sp³-hybridized carbons (Fsp3) is 0.455. The summed E-state index contributed by atoms with van der Waals surface area (Å²) in [6.45, 7) is 4.28. The minimum atomic E-state index is 0.475. The summed E-state index contributed by atoms with van der Waals surface area (Å²) in [5.74, 6) is 1.19. The van der Waals surface area contributed by atoms with Crippen LogP contribution in [0.2, 0.25) is 0 Å². The quantitative estimate of drug-likeness (QED) is 0.734. The van der Waals surface area contributed by atoms with Crippen molar-refractivity contribution in [3.63, 3.8) is 0 Å². The van der Waals surface area contributed by atoms with Gasteiger partial charge in [0.2, 0.25) is 0 Å². The minimum Gasteiger partial charge on any atom is -0.382 e. The lowest BCUT2D eigenvalue weighted by atomic mass is 10.4. The standard InChI is InChI=1S/C11H17N5O/c1-2-17-7-3-4-13-10-11-14-5-6-16(11)8-9(12)15-10/h5-6,8H,2-4,7,12H2,1H3,(H,13,15). The zero-order valence-electron chi connectivity index (χ0n) is 9.89. The molecule has 0 saturated carbocycles. The highest BCUT2D eigenvalue weighted by atomic mass is 16.5. The number of fused-ring (bicyclic) bond motifs is 1. The number of nitrogens with one attached hydrogen (secondary N) is 1. The Balaban J connectivity index is 2.00. The summed E-state index contributed by atoms with van der Waals surface area (Å²) in [5, 5.41) is 3.22. The maximum absolute atomic E-state index is 5.71. The second kappa shape index (κ2) is 5.49. The van der Waals surface area contributed by atoms with Crippen LogP contribution in [0.3, 0.4) is 0 Å². The Labute approximate surface area is 99.8 Å². The first-order valence-corrected chi connectivity index (χ1v) is 5.72. The van der Waals surface area contributed by atoms with Crippen molar-refractivity contribution in [3.8, 4) is 0 Å². The van der Waals surface area contributed by atoms with E-state index < -0.39 is 0 Å². The van der Waals surface area contributed by atoms with E-state index in [1.165, 1.54) is 0 Å². The van der Waals surface area contributed by atoms with Gasteiger partial charge in [-0.15, -0.1) is 0 Å². The number of hydrogen-bond acceptors (Lipinski definition) is 5. The van der Waals surface area contributed by atoms with Gasteiger partial charge in [0.1, 0.15) is 5.82 Å². The molecule has 0 bridgehead atoms. The monoisotopic (exact) mass is 235 g/mol. The number of aromatic nitrogens is 3. The van der Waals surface area contributed by atoms with Crippen molar-refractivity contribution >= 4 is 17.3 Å². The van der Waals surface area contributed by atoms with Gasteiger partial charge in [-0.05, 0) is 13.3 Å². The summed E-state index contributed by atoms with van der Waals surface area (Å²) in [5.41, 5.74) is 6.50. The lowest BCUT2D eigenvalue weighted by Crippen LogP contribution is -2.09. The van der Waals surface area contributed by atoms with Crippen molar-refractivity contribution in [2.75, 3.05) is 30.8 Å². The summed E-state index contributed by atoms with van der Waals surface area (Å²) in [6.07, 6.45) is 6.24. The fourth-order valence-electron chi connectivity index (χ4n) is 1.60. The number of hydrogen-bond donors (Lipinski definition) is 2. The highest BCUT2D eigenvalue weighted by Crippen LogP contribution is 2.14. The van der Waals surface area contributed by atoms with Crippen molar-refractivity contribution in [2.24, 2.45) is 0 Å². The molecule has 0 fully saturated rings. The smallest absolute Gasteiger partial charge is 0.180 e. The Morgan fingerprint density at radius 1 is 1.53 bits per heavy atom. The molecule has 2 aromatic heterocycles. The van der Waals surface area contributed by atoms with Crippen LogP contribution in [0.5, 0.6) is 0 Å². The van der Waals surface area contributed by atoms with E-state index in [0.717, 1.165) is 31.8 Å². The van der Waals surface area contributed by atoms with Gasteiger partial charge in [-0.3, -0.25) is 0 Å². The van der Waals surface area contributed by atoms with Crippen LogP contribution in [0.15, 0.2) is 18.6 Å². The van der Waals surface area contributed by atoms with Gasteiger partial charge < -0.3 is 20.2 Å². The molecule has 17 heavy (non-hydrogen) atoms. The lowest BCUT2D eigenvalue weighted by Gasteiger charge is -2.07. The molecule has 2 rings (SSSR count). The minimum absolute atomic E-state index is 0.475. The Hall–Kier alpha value is -1.82. The summed E-state index contributed by atoms with van der Waals surface area (Å²) in [7, 11) is 0. The number of imidazole rings is 1. The average Bonchev–Trinajstić information content (AvgIpc) is 2.76. The van der Waals surface area contributed by atoms with Crippen molar-refractivity contribution in [1.82, 2.24) is 14.4 Å². The van der Waals surface area contributed by atoms with Gasteiger partial charge in [0, 0.05) is 32.2 Å². The summed E-state index contributed by atoms with van der Waals surface area (Å²) in [4.78, 5) is 8.46. The molecule has 0 aliphatic carbocycles. The SMILES string of the molecule is CCOCCCNc1nc(N)cn2ccnc12. The maximum Gasteiger partial charge on any atom is 0.180 e. The third-order valence-electron chi connectivity index (χ3n) is 2.35. The fourth-order valence-corrected chi connectivity index (χ4v) is 1.60. The van der Waals surface area contributed by atoms with Crippen LogP contribution in [0.25, 0.3) is 5.65 Å². The summed E-state index contributed by atoms with van der Waals surface area (Å²) >= 11 is 0. The summed E-state index contributed by atoms with van der Waals surface area (Å²) in [6, 6.07) is 0. The van der Waals surface area contributed by atoms with E-state index >= 15 is 0 Å². The third kappa shape index (κ3) is 2.85. The lowest BCUT2D eigenvalue weighted by molar-refractivity contribution is 0.147. The van der Waals surface area contributed by atoms with Crippen LogP contribution in [0.4, 0.5) is 11.6 Å². The van der Waals surface area contributed by atoms with Crippen LogP contribution < -0.4 is 11.1 Å². The van der Waals surface area contributed by atoms with Crippen molar-refractivity contribution in [1.29, 1.82) is 0 Å². The molecule has 0 atom stereocenters. The highest BCUT2D eigenvalue weighted by Gasteiger charge is 2.04. The molecule has 0 aliphatic heterocycles. The first-order chi connectivity index (χ1) is 8.31. The van der Waals surface area contributed by atoms with Crippen LogP contribution in [0, 0.1) is 0 Å². The Bertz CT molecular complexity index is 482. The molecule has 0 unspecified atom stereocenters. The molecular formula is C11H17N5O. The normalized spacial score (nSPS) is 10.9. The van der Waals surface area contributed by atoms with Crippen LogP contribution in [0.1, 0.15) is 13.3 Å². The number of nitrogens with two attached hydrogens (primary N) is 1. The van der Waals surface area contributed by atoms with E-state index in [-0.39, 0.29) is 0 Å². The van der Waals surface area contributed by atoms with Crippen LogP contribution in [-0.4, -0.2) is 34.1 Å². The molecule has 2 aromatic rings. The molecule has 3 N–H and O–H groups in total. The van der Waals surface area contributed by atoms with Gasteiger partial charge in [0.05, 0.1) is 6.20 Å². The second-order valence-electron chi connectivity index (χ2n) is 3.65. The molecular weight excluding hydrogens is 218 g/mol. The van der Waals surface area contributed by atoms with E-state index in [0.29, 0.717) is 11.6 Å². The van der Waals surface area contributed by atoms with Crippen molar-refractivity contribution < 1.29 is 4.74 Å². The Morgan fingerprint density at radius 2 is 2.41 bits per heavy atom. The number of rotatable bonds is 6. The van der Waals surface area contributed by atoms with Crippen molar-refractivity contribution in [3.05, 3.63) is 18.6 Å². The number of ether oxygens (including phenoxy) is 1. The van der Waals surface area contributed by atoms with E-state index in [9.17, 15) is 0 Å². The molecule has 0 amide bonds. The molecule has 0 aromatic carbocycles. The van der Waals surface area contributed by atoms with Crippen LogP contribution in [-0.2, 0) is 4.74 Å². The van der Waals surface area contributed by atoms with Gasteiger partial charge >= 0.3 is 0 Å². The zero-order valence-corrected chi connectivity index (χ0v) is 9.89. The predicted octanol–water partition coefficient (Wildman–Crippen LogP) is 1.15. The molecule has 2 heterocycles. The first-order valence-electron chi connectivity index (χ1n) is 5.72. The van der Waals surface area contributed by atoms with E-state index in [2.05, 4.69) is 15.3 Å². The van der Waals surface area contributed by atoms with Gasteiger partial charge in [0.25, 0.3) is 0 Å². The maximum atomic E-state index is 5.71. The highest BCUT2D eigenvalue weighted by molar-refractivity contribution is 5.64. The summed E-state index contributed by atoms with van der Waals surface area (Å²) < 4.78 is 7.12. The predicted molar refractivity (Wildman–Crippen MR) is 67.0 cm³/mol. The number of anilines is 2. The molecule has 0 aliphatic rings. The van der Waals surface area contributed by atoms with Crippen LogP contribution >= 0.6 is 0 Å². The van der Waals surface area contributed by atoms with E-state index in [1.54, 1.807) is 12.4 Å². The number of nitrogen functional groups attached to an aromatic ring is 1. The second-order valence-corrected chi connectivity index (χ2v) is 3.65. The molecule has 0 saturated heterocycles. The van der Waals surface area contributed by atoms with Gasteiger partial charge in [-0.1, -0.05) is 0 Å². The molecule has 6 heteroatoms. The third-order valence-corrected chi connectivity index (χ3v) is 2.35. The van der Waals surface area contributed by atoms with Crippen molar-refractivity contribution in [2.45, 2.75) is 13.3 Å². The van der Waals surface area contributed by atoms with E-state index in [1.807, 2.05) is 17.5 Å². The topological polar surface area (TPSA) is 77.5 Å². The Kier molecular flexibility index (Phi) is 3.77.